The first-order chi connectivity index (χ1) is 19.6. The van der Waals surface area contributed by atoms with E-state index in [1.54, 1.807) is 60.7 Å². The van der Waals surface area contributed by atoms with Gasteiger partial charge in [0.2, 0.25) is 11.8 Å². The van der Waals surface area contributed by atoms with Crippen molar-refractivity contribution >= 4 is 50.7 Å². The van der Waals surface area contributed by atoms with E-state index in [1.807, 2.05) is 13.8 Å². The summed E-state index contributed by atoms with van der Waals surface area (Å²) in [5.41, 5.74) is 0.962. The fourth-order valence-electron chi connectivity index (χ4n) is 4.26. The van der Waals surface area contributed by atoms with Crippen LogP contribution in [0, 0.1) is 0 Å². The summed E-state index contributed by atoms with van der Waals surface area (Å²) in [5, 5.41) is 3.57. The van der Waals surface area contributed by atoms with Crippen molar-refractivity contribution in [3.63, 3.8) is 0 Å². The highest BCUT2D eigenvalue weighted by molar-refractivity contribution is 7.92. The highest BCUT2D eigenvalue weighted by Gasteiger charge is 2.33. The zero-order valence-electron chi connectivity index (χ0n) is 23.3. The highest BCUT2D eigenvalue weighted by Crippen LogP contribution is 2.27. The molecule has 0 saturated heterocycles. The van der Waals surface area contributed by atoms with E-state index in [0.717, 1.165) is 17.1 Å². The van der Waals surface area contributed by atoms with Crippen molar-refractivity contribution in [1.82, 2.24) is 10.2 Å². The van der Waals surface area contributed by atoms with Gasteiger partial charge in [-0.2, -0.15) is 0 Å². The van der Waals surface area contributed by atoms with Gasteiger partial charge >= 0.3 is 0 Å². The van der Waals surface area contributed by atoms with Crippen LogP contribution in [0.2, 0.25) is 10.0 Å². The number of anilines is 1. The van der Waals surface area contributed by atoms with Crippen molar-refractivity contribution in [2.75, 3.05) is 24.5 Å². The molecule has 2 amide bonds. The molecule has 0 aliphatic rings. The van der Waals surface area contributed by atoms with Gasteiger partial charge in [-0.25, -0.2) is 8.42 Å². The minimum Gasteiger partial charge on any atom is -0.497 e. The third-order valence-electron chi connectivity index (χ3n) is 6.52. The lowest BCUT2D eigenvalue weighted by molar-refractivity contribution is -0.140. The maximum Gasteiger partial charge on any atom is 0.264 e. The lowest BCUT2D eigenvalue weighted by Gasteiger charge is -2.33. The summed E-state index contributed by atoms with van der Waals surface area (Å²) in [7, 11) is -2.68. The number of halogens is 2. The molecule has 3 aromatic carbocycles. The van der Waals surface area contributed by atoms with E-state index < -0.39 is 28.5 Å². The Morgan fingerprint density at radius 1 is 0.951 bits per heavy atom. The fraction of sp³-hybridized carbons (Fsp3) is 0.333. The number of carbonyl (C=O) groups is 2. The first-order valence-corrected chi connectivity index (χ1v) is 15.5. The van der Waals surface area contributed by atoms with Crippen LogP contribution in [0.1, 0.15) is 38.7 Å². The van der Waals surface area contributed by atoms with Gasteiger partial charge in [-0.3, -0.25) is 13.9 Å². The third-order valence-corrected chi connectivity index (χ3v) is 9.05. The van der Waals surface area contributed by atoms with Crippen molar-refractivity contribution in [3.05, 3.63) is 88.4 Å². The topological polar surface area (TPSA) is 96.0 Å². The van der Waals surface area contributed by atoms with Gasteiger partial charge in [-0.05, 0) is 66.9 Å². The van der Waals surface area contributed by atoms with Crippen LogP contribution < -0.4 is 14.4 Å². The van der Waals surface area contributed by atoms with Crippen molar-refractivity contribution in [2.45, 2.75) is 50.6 Å². The van der Waals surface area contributed by atoms with Crippen LogP contribution in [0.4, 0.5) is 5.69 Å². The van der Waals surface area contributed by atoms with Crippen molar-refractivity contribution < 1.29 is 22.7 Å². The van der Waals surface area contributed by atoms with E-state index in [0.29, 0.717) is 40.0 Å². The Balaban J connectivity index is 2.02. The molecule has 1 unspecified atom stereocenters. The number of methoxy groups -OCH3 is 1. The van der Waals surface area contributed by atoms with E-state index in [1.165, 1.54) is 24.1 Å². The Bertz CT molecular complexity index is 1420. The van der Waals surface area contributed by atoms with Crippen LogP contribution in [-0.4, -0.2) is 51.4 Å². The molecule has 0 saturated carbocycles. The van der Waals surface area contributed by atoms with Crippen LogP contribution in [0.15, 0.2) is 77.7 Å². The molecule has 41 heavy (non-hydrogen) atoms. The zero-order chi connectivity index (χ0) is 30.0. The van der Waals surface area contributed by atoms with Gasteiger partial charge in [0.25, 0.3) is 10.0 Å². The summed E-state index contributed by atoms with van der Waals surface area (Å²) in [6.07, 6.45) is 2.02. The second-order valence-corrected chi connectivity index (χ2v) is 12.0. The Hall–Kier alpha value is -3.27. The molecule has 1 atom stereocenters. The number of rotatable bonds is 14. The Morgan fingerprint density at radius 2 is 1.63 bits per heavy atom. The van der Waals surface area contributed by atoms with Gasteiger partial charge < -0.3 is 15.0 Å². The van der Waals surface area contributed by atoms with Crippen molar-refractivity contribution in [3.8, 4) is 5.75 Å². The van der Waals surface area contributed by atoms with Gasteiger partial charge in [0, 0.05) is 13.1 Å². The molecule has 0 aromatic heterocycles. The van der Waals surface area contributed by atoms with Gasteiger partial charge in [-0.1, -0.05) is 67.7 Å². The first kappa shape index (κ1) is 32.2. The maximum atomic E-state index is 14.1. The van der Waals surface area contributed by atoms with Crippen molar-refractivity contribution in [2.24, 2.45) is 0 Å². The average molecular weight is 621 g/mol. The Labute approximate surface area is 252 Å². The Morgan fingerprint density at radius 3 is 2.22 bits per heavy atom. The number of amides is 2. The maximum absolute atomic E-state index is 14.1. The van der Waals surface area contributed by atoms with Crippen LogP contribution in [0.25, 0.3) is 0 Å². The van der Waals surface area contributed by atoms with Crippen LogP contribution in [-0.2, 0) is 26.2 Å². The molecule has 0 aliphatic heterocycles. The fourth-order valence-corrected chi connectivity index (χ4v) is 5.99. The number of hydrogen-bond acceptors (Lipinski definition) is 5. The molecule has 0 heterocycles. The van der Waals surface area contributed by atoms with E-state index in [-0.39, 0.29) is 17.3 Å². The summed E-state index contributed by atoms with van der Waals surface area (Å²) in [6.45, 7) is 3.80. The molecule has 0 fully saturated rings. The number of nitrogens with one attached hydrogen (secondary N) is 1. The summed E-state index contributed by atoms with van der Waals surface area (Å²) in [4.78, 5) is 28.7. The molecule has 1 N–H and O–H groups in total. The minimum absolute atomic E-state index is 0.00432. The number of ether oxygens (including phenoxy) is 1. The van der Waals surface area contributed by atoms with Crippen LogP contribution in [0.5, 0.6) is 5.75 Å². The molecular weight excluding hydrogens is 585 g/mol. The summed E-state index contributed by atoms with van der Waals surface area (Å²) in [6, 6.07) is 18.5. The summed E-state index contributed by atoms with van der Waals surface area (Å²) in [5.74, 6) is -0.355. The van der Waals surface area contributed by atoms with Gasteiger partial charge in [0.15, 0.2) is 0 Å². The molecule has 220 valence electrons. The average Bonchev–Trinajstić information content (AvgIpc) is 2.98. The summed E-state index contributed by atoms with van der Waals surface area (Å²) >= 11 is 12.3. The number of hydrogen-bond donors (Lipinski definition) is 1. The predicted octanol–water partition coefficient (Wildman–Crippen LogP) is 5.92. The molecular formula is C30H35Cl2N3O5S. The predicted molar refractivity (Wildman–Crippen MR) is 163 cm³/mol. The standard InChI is InChI=1S/C30H35Cl2N3O5S/c1-4-6-18-33-30(37)28(5-2)34(20-22-12-17-26(31)27(32)19-22)29(36)21-35(23-10-8-7-9-11-23)41(38,39)25-15-13-24(40-3)14-16-25/h7-17,19,28H,4-6,18,20-21H2,1-3H3,(H,33,37). The molecule has 0 radical (unpaired) electrons. The number of nitrogens with zero attached hydrogens (tertiary/aromatic N) is 2. The lowest BCUT2D eigenvalue weighted by Crippen LogP contribution is -2.52. The third kappa shape index (κ3) is 8.38. The quantitative estimate of drug-likeness (QED) is 0.226. The largest absolute Gasteiger partial charge is 0.497 e. The second-order valence-electron chi connectivity index (χ2n) is 9.36. The van der Waals surface area contributed by atoms with Crippen LogP contribution >= 0.6 is 23.2 Å². The molecule has 8 nitrogen and oxygen atoms in total. The number of benzene rings is 3. The molecule has 0 spiro atoms. The number of sulfonamides is 1. The van der Waals surface area contributed by atoms with E-state index in [2.05, 4.69) is 5.32 Å². The van der Waals surface area contributed by atoms with Gasteiger partial charge in [0.1, 0.15) is 18.3 Å². The molecule has 11 heteroatoms. The molecule has 3 rings (SSSR count). The van der Waals surface area contributed by atoms with Gasteiger partial charge in [0.05, 0.1) is 27.7 Å². The molecule has 0 bridgehead atoms. The molecule has 3 aromatic rings. The van der Waals surface area contributed by atoms with E-state index >= 15 is 0 Å². The zero-order valence-corrected chi connectivity index (χ0v) is 25.7. The summed E-state index contributed by atoms with van der Waals surface area (Å²) < 4.78 is 34.0. The lowest BCUT2D eigenvalue weighted by atomic mass is 10.1. The normalized spacial score (nSPS) is 11.9. The highest BCUT2D eigenvalue weighted by atomic mass is 35.5. The minimum atomic E-state index is -4.17. The van der Waals surface area contributed by atoms with E-state index in [9.17, 15) is 18.0 Å². The second kappa shape index (κ2) is 15.1. The van der Waals surface area contributed by atoms with Crippen molar-refractivity contribution in [1.29, 1.82) is 0 Å². The number of unbranched alkanes of at least 4 members (excludes halogenated alkanes) is 1. The number of carbonyl (C=O) groups excluding carboxylic acids is 2. The smallest absolute Gasteiger partial charge is 0.264 e. The molecule has 0 aliphatic carbocycles. The number of para-hydroxylation sites is 1. The van der Waals surface area contributed by atoms with E-state index in [4.69, 9.17) is 27.9 Å². The van der Waals surface area contributed by atoms with Crippen LogP contribution in [0.3, 0.4) is 0 Å². The monoisotopic (exact) mass is 619 g/mol. The SMILES string of the molecule is CCCCNC(=O)C(CC)N(Cc1ccc(Cl)c(Cl)c1)C(=O)CN(c1ccccc1)S(=O)(=O)c1ccc(OC)cc1. The Kier molecular flexibility index (Phi) is 11.9. The van der Waals surface area contributed by atoms with Gasteiger partial charge in [-0.15, -0.1) is 0 Å². The first-order valence-electron chi connectivity index (χ1n) is 13.3.